The fraction of sp³-hybridized carbons (Fsp3) is 0.800. The Morgan fingerprint density at radius 2 is 2.53 bits per heavy atom. The normalized spacial score (nSPS) is 21.8. The molecular formula is C10H16ClN3O. The molecule has 15 heavy (non-hydrogen) atoms. The summed E-state index contributed by atoms with van der Waals surface area (Å²) in [4.78, 5) is 0. The second-order valence-corrected chi connectivity index (χ2v) is 4.23. The van der Waals surface area contributed by atoms with Gasteiger partial charge in [0.25, 0.3) is 0 Å². The van der Waals surface area contributed by atoms with Crippen LogP contribution in [0.2, 0.25) is 0 Å². The van der Waals surface area contributed by atoms with Gasteiger partial charge in [-0.15, -0.1) is 16.7 Å². The number of aromatic nitrogens is 3. The topological polar surface area (TPSA) is 39.9 Å². The van der Waals surface area contributed by atoms with Gasteiger partial charge in [-0.3, -0.25) is 0 Å². The quantitative estimate of drug-likeness (QED) is 0.740. The Morgan fingerprint density at radius 1 is 1.60 bits per heavy atom. The smallest absolute Gasteiger partial charge is 0.0827 e. The third-order valence-corrected chi connectivity index (χ3v) is 2.90. The van der Waals surface area contributed by atoms with Crippen LogP contribution in [0.5, 0.6) is 0 Å². The fourth-order valence-corrected chi connectivity index (χ4v) is 1.92. The molecule has 84 valence electrons. The van der Waals surface area contributed by atoms with Crippen LogP contribution in [0, 0.1) is 0 Å². The van der Waals surface area contributed by atoms with E-state index in [9.17, 15) is 0 Å². The summed E-state index contributed by atoms with van der Waals surface area (Å²) in [6.07, 6.45) is 6.14. The first kappa shape index (κ1) is 10.9. The molecule has 0 spiro atoms. The summed E-state index contributed by atoms with van der Waals surface area (Å²) in [6.45, 7) is 1.64. The van der Waals surface area contributed by atoms with E-state index in [2.05, 4.69) is 10.3 Å². The Bertz CT molecular complexity index is 297. The summed E-state index contributed by atoms with van der Waals surface area (Å²) in [5, 5.41) is 8.26. The van der Waals surface area contributed by atoms with Gasteiger partial charge < -0.3 is 4.74 Å². The molecule has 0 aliphatic carbocycles. The highest BCUT2D eigenvalue weighted by Gasteiger charge is 2.16. The Kier molecular flexibility index (Phi) is 3.97. The summed E-state index contributed by atoms with van der Waals surface area (Å²) in [6, 6.07) is 0.371. The fourth-order valence-electron chi connectivity index (χ4n) is 1.79. The molecule has 1 aromatic heterocycles. The van der Waals surface area contributed by atoms with E-state index in [1.54, 1.807) is 0 Å². The zero-order valence-corrected chi connectivity index (χ0v) is 9.49. The van der Waals surface area contributed by atoms with E-state index in [0.29, 0.717) is 11.9 Å². The first-order chi connectivity index (χ1) is 7.40. The lowest BCUT2D eigenvalue weighted by molar-refractivity contribution is 0.0543. The Hall–Kier alpha value is -0.610. The van der Waals surface area contributed by atoms with Crippen LogP contribution in [-0.4, -0.2) is 34.1 Å². The average molecular weight is 230 g/mol. The monoisotopic (exact) mass is 229 g/mol. The number of nitrogens with zero attached hydrogens (tertiary/aromatic N) is 3. The standard InChI is InChI=1S/C10H16ClN3O/c11-5-1-3-9-7-14(13-12-9)10-4-2-6-15-8-10/h7,10H,1-6,8H2. The minimum absolute atomic E-state index is 0.371. The first-order valence-corrected chi connectivity index (χ1v) is 5.98. The molecule has 1 fully saturated rings. The highest BCUT2D eigenvalue weighted by Crippen LogP contribution is 2.18. The molecule has 0 N–H and O–H groups in total. The second kappa shape index (κ2) is 5.47. The van der Waals surface area contributed by atoms with E-state index in [1.165, 1.54) is 0 Å². The number of alkyl halides is 1. The molecule has 1 aliphatic heterocycles. The third kappa shape index (κ3) is 2.92. The lowest BCUT2D eigenvalue weighted by Gasteiger charge is -2.21. The van der Waals surface area contributed by atoms with Crippen molar-refractivity contribution in [3.05, 3.63) is 11.9 Å². The van der Waals surface area contributed by atoms with E-state index in [1.807, 2.05) is 10.9 Å². The summed E-state index contributed by atoms with van der Waals surface area (Å²) < 4.78 is 7.35. The van der Waals surface area contributed by atoms with Crippen LogP contribution in [0.3, 0.4) is 0 Å². The predicted molar refractivity (Wildman–Crippen MR) is 58.2 cm³/mol. The van der Waals surface area contributed by atoms with Crippen molar-refractivity contribution in [2.45, 2.75) is 31.7 Å². The maximum absolute atomic E-state index is 5.63. The highest BCUT2D eigenvalue weighted by molar-refractivity contribution is 6.17. The van der Waals surface area contributed by atoms with Gasteiger partial charge in [0.1, 0.15) is 0 Å². The number of rotatable bonds is 4. The molecule has 1 unspecified atom stereocenters. The maximum Gasteiger partial charge on any atom is 0.0827 e. The van der Waals surface area contributed by atoms with Crippen LogP contribution >= 0.6 is 11.6 Å². The first-order valence-electron chi connectivity index (χ1n) is 5.44. The molecule has 0 bridgehead atoms. The number of hydrogen-bond donors (Lipinski definition) is 0. The van der Waals surface area contributed by atoms with Crippen LogP contribution < -0.4 is 0 Å². The van der Waals surface area contributed by atoms with Crippen LogP contribution in [0.4, 0.5) is 0 Å². The molecular weight excluding hydrogens is 214 g/mol. The summed E-state index contributed by atoms with van der Waals surface area (Å²) in [7, 11) is 0. The van der Waals surface area contributed by atoms with Gasteiger partial charge in [-0.2, -0.15) is 0 Å². The number of halogens is 1. The van der Waals surface area contributed by atoms with Crippen molar-refractivity contribution in [1.82, 2.24) is 15.0 Å². The molecule has 0 saturated carbocycles. The summed E-state index contributed by atoms with van der Waals surface area (Å²) >= 11 is 5.63. The second-order valence-electron chi connectivity index (χ2n) is 3.85. The lowest BCUT2D eigenvalue weighted by atomic mass is 10.1. The predicted octanol–water partition coefficient (Wildman–Crippen LogP) is 1.80. The summed E-state index contributed by atoms with van der Waals surface area (Å²) in [5.74, 6) is 0.680. The van der Waals surface area contributed by atoms with Crippen molar-refractivity contribution < 1.29 is 4.74 Å². The van der Waals surface area contributed by atoms with Gasteiger partial charge in [-0.25, -0.2) is 4.68 Å². The minimum atomic E-state index is 0.371. The molecule has 5 heteroatoms. The zero-order valence-electron chi connectivity index (χ0n) is 8.73. The van der Waals surface area contributed by atoms with Gasteiger partial charge in [-0.1, -0.05) is 5.21 Å². The maximum atomic E-state index is 5.63. The molecule has 4 nitrogen and oxygen atoms in total. The van der Waals surface area contributed by atoms with E-state index in [-0.39, 0.29) is 0 Å². The van der Waals surface area contributed by atoms with Gasteiger partial charge in [0.15, 0.2) is 0 Å². The lowest BCUT2D eigenvalue weighted by Crippen LogP contribution is -2.21. The van der Waals surface area contributed by atoms with Gasteiger partial charge in [0.05, 0.1) is 18.3 Å². The third-order valence-electron chi connectivity index (χ3n) is 2.63. The average Bonchev–Trinajstić information content (AvgIpc) is 2.76. The molecule has 1 saturated heterocycles. The summed E-state index contributed by atoms with van der Waals surface area (Å²) in [5.41, 5.74) is 1.03. The van der Waals surface area contributed by atoms with Crippen molar-refractivity contribution in [2.24, 2.45) is 0 Å². The SMILES string of the molecule is ClCCCc1cn(C2CCCOC2)nn1. The highest BCUT2D eigenvalue weighted by atomic mass is 35.5. The number of ether oxygens (including phenoxy) is 1. The van der Waals surface area contributed by atoms with Crippen LogP contribution in [0.1, 0.15) is 31.0 Å². The molecule has 2 heterocycles. The van der Waals surface area contributed by atoms with Crippen LogP contribution in [0.15, 0.2) is 6.20 Å². The van der Waals surface area contributed by atoms with Crippen molar-refractivity contribution in [2.75, 3.05) is 19.1 Å². The molecule has 0 radical (unpaired) electrons. The van der Waals surface area contributed by atoms with Gasteiger partial charge in [0, 0.05) is 18.7 Å². The van der Waals surface area contributed by atoms with Crippen molar-refractivity contribution >= 4 is 11.6 Å². The zero-order chi connectivity index (χ0) is 10.5. The number of aryl methyl sites for hydroxylation is 1. The molecule has 1 aliphatic rings. The van der Waals surface area contributed by atoms with E-state index < -0.39 is 0 Å². The van der Waals surface area contributed by atoms with Crippen LogP contribution in [-0.2, 0) is 11.2 Å². The van der Waals surface area contributed by atoms with Crippen molar-refractivity contribution in [1.29, 1.82) is 0 Å². The van der Waals surface area contributed by atoms with Crippen molar-refractivity contribution in [3.63, 3.8) is 0 Å². The Morgan fingerprint density at radius 3 is 3.27 bits per heavy atom. The molecule has 0 amide bonds. The number of hydrogen-bond acceptors (Lipinski definition) is 3. The molecule has 2 rings (SSSR count). The van der Waals surface area contributed by atoms with Gasteiger partial charge >= 0.3 is 0 Å². The molecule has 0 aromatic carbocycles. The van der Waals surface area contributed by atoms with E-state index in [0.717, 1.165) is 44.6 Å². The Labute approximate surface area is 94.6 Å². The Balaban J connectivity index is 1.93. The minimum Gasteiger partial charge on any atom is -0.379 e. The molecule has 1 aromatic rings. The van der Waals surface area contributed by atoms with Gasteiger partial charge in [0.2, 0.25) is 0 Å². The van der Waals surface area contributed by atoms with E-state index >= 15 is 0 Å². The largest absolute Gasteiger partial charge is 0.379 e. The van der Waals surface area contributed by atoms with E-state index in [4.69, 9.17) is 16.3 Å². The van der Waals surface area contributed by atoms with Crippen molar-refractivity contribution in [3.8, 4) is 0 Å². The van der Waals surface area contributed by atoms with Crippen LogP contribution in [0.25, 0.3) is 0 Å². The molecule has 1 atom stereocenters. The van der Waals surface area contributed by atoms with Gasteiger partial charge in [-0.05, 0) is 25.7 Å².